The Labute approximate surface area is 181 Å². The largest absolute Gasteiger partial charge is 0.444 e. The molecule has 31 heavy (non-hydrogen) atoms. The second-order valence-electron chi connectivity index (χ2n) is 8.73. The van der Waals surface area contributed by atoms with Crippen molar-refractivity contribution in [1.29, 1.82) is 0 Å². The summed E-state index contributed by atoms with van der Waals surface area (Å²) < 4.78 is 19.1. The average molecular weight is 420 g/mol. The van der Waals surface area contributed by atoms with Gasteiger partial charge < -0.3 is 9.64 Å². The normalized spacial score (nSPS) is 13.6. The lowest BCUT2D eigenvalue weighted by molar-refractivity contribution is 0.0223. The highest BCUT2D eigenvalue weighted by molar-refractivity contribution is 5.70. The highest BCUT2D eigenvalue weighted by atomic mass is 19.1. The van der Waals surface area contributed by atoms with E-state index in [1.165, 1.54) is 12.1 Å². The van der Waals surface area contributed by atoms with Gasteiger partial charge in [-0.1, -0.05) is 30.3 Å². The fourth-order valence-electron chi connectivity index (χ4n) is 3.65. The summed E-state index contributed by atoms with van der Waals surface area (Å²) in [5.74, 6) is 0.418. The summed E-state index contributed by atoms with van der Waals surface area (Å²) in [6.07, 6.45) is 0.877. The van der Waals surface area contributed by atoms with E-state index in [-0.39, 0.29) is 11.9 Å². The molecular weight excluding hydrogens is 393 g/mol. The average Bonchev–Trinajstić information content (AvgIpc) is 2.73. The molecule has 1 aromatic heterocycles. The monoisotopic (exact) mass is 419 g/mol. The van der Waals surface area contributed by atoms with Crippen LogP contribution in [0.2, 0.25) is 0 Å². The Hall–Kier alpha value is -3.28. The zero-order valence-corrected chi connectivity index (χ0v) is 18.1. The number of carbonyl (C=O) groups excluding carboxylic acids is 1. The molecule has 0 aliphatic carbocycles. The number of halogens is 1. The highest BCUT2D eigenvalue weighted by Crippen LogP contribution is 2.29. The van der Waals surface area contributed by atoms with Gasteiger partial charge in [-0.15, -0.1) is 0 Å². The maximum Gasteiger partial charge on any atom is 0.410 e. The van der Waals surface area contributed by atoms with Gasteiger partial charge in [-0.2, -0.15) is 0 Å². The maximum absolute atomic E-state index is 13.5. The summed E-state index contributed by atoms with van der Waals surface area (Å²) in [7, 11) is 0. The van der Waals surface area contributed by atoms with Crippen LogP contribution in [0.4, 0.5) is 9.18 Å². The number of ether oxygens (including phenoxy) is 1. The third-order valence-electron chi connectivity index (χ3n) is 5.08. The zero-order chi connectivity index (χ0) is 22.0. The Kier molecular flexibility index (Phi) is 5.72. The van der Waals surface area contributed by atoms with Crippen LogP contribution in [0.1, 0.15) is 43.4 Å². The van der Waals surface area contributed by atoms with Gasteiger partial charge in [-0.25, -0.2) is 19.2 Å². The first-order valence-corrected chi connectivity index (χ1v) is 10.4. The Bertz CT molecular complexity index is 1080. The predicted octanol–water partition coefficient (Wildman–Crippen LogP) is 5.17. The molecule has 0 saturated carbocycles. The SMILES string of the molecule is CC(C)(C)OC(=O)N1CCc2nc(Cc3ccccc3)nc(-c3ccc(F)cc3)c2C1. The second-order valence-corrected chi connectivity index (χ2v) is 8.73. The summed E-state index contributed by atoms with van der Waals surface area (Å²) >= 11 is 0. The molecule has 0 atom stereocenters. The molecule has 0 fully saturated rings. The van der Waals surface area contributed by atoms with Gasteiger partial charge in [0.05, 0.1) is 17.9 Å². The molecule has 0 spiro atoms. The molecule has 2 heterocycles. The van der Waals surface area contributed by atoms with Crippen molar-refractivity contribution in [1.82, 2.24) is 14.9 Å². The number of hydrogen-bond acceptors (Lipinski definition) is 4. The maximum atomic E-state index is 13.5. The van der Waals surface area contributed by atoms with E-state index in [9.17, 15) is 9.18 Å². The molecule has 1 amide bonds. The van der Waals surface area contributed by atoms with Gasteiger partial charge in [0.25, 0.3) is 0 Å². The molecule has 1 aliphatic rings. The number of rotatable bonds is 3. The first-order chi connectivity index (χ1) is 14.8. The van der Waals surface area contributed by atoms with Gasteiger partial charge in [-0.05, 0) is 50.6 Å². The number of benzene rings is 2. The number of amides is 1. The van der Waals surface area contributed by atoms with E-state index in [1.807, 2.05) is 51.1 Å². The third-order valence-corrected chi connectivity index (χ3v) is 5.08. The molecule has 0 bridgehead atoms. The van der Waals surface area contributed by atoms with Crippen LogP contribution in [0.15, 0.2) is 54.6 Å². The quantitative estimate of drug-likeness (QED) is 0.588. The molecule has 5 nitrogen and oxygen atoms in total. The van der Waals surface area contributed by atoms with Crippen molar-refractivity contribution in [3.8, 4) is 11.3 Å². The molecule has 0 N–H and O–H groups in total. The van der Waals surface area contributed by atoms with Crippen molar-refractivity contribution >= 4 is 6.09 Å². The Morgan fingerprint density at radius 2 is 1.77 bits per heavy atom. The van der Waals surface area contributed by atoms with Crippen LogP contribution in [0, 0.1) is 5.82 Å². The van der Waals surface area contributed by atoms with Gasteiger partial charge in [-0.3, -0.25) is 0 Å². The summed E-state index contributed by atoms with van der Waals surface area (Å²) in [5.41, 5.74) is 3.93. The molecule has 0 radical (unpaired) electrons. The van der Waals surface area contributed by atoms with Gasteiger partial charge in [0.15, 0.2) is 0 Å². The molecule has 1 aliphatic heterocycles. The number of fused-ring (bicyclic) bond motifs is 1. The van der Waals surface area contributed by atoms with Crippen molar-refractivity contribution in [2.24, 2.45) is 0 Å². The van der Waals surface area contributed by atoms with Gasteiger partial charge in [0.2, 0.25) is 0 Å². The molecule has 0 unspecified atom stereocenters. The molecule has 4 rings (SSSR count). The smallest absolute Gasteiger partial charge is 0.410 e. The third kappa shape index (κ3) is 5.08. The molecule has 2 aromatic carbocycles. The Morgan fingerprint density at radius 1 is 1.06 bits per heavy atom. The van der Waals surface area contributed by atoms with E-state index in [1.54, 1.807) is 17.0 Å². The van der Waals surface area contributed by atoms with Crippen LogP contribution >= 0.6 is 0 Å². The Morgan fingerprint density at radius 3 is 2.45 bits per heavy atom. The fraction of sp³-hybridized carbons (Fsp3) is 0.320. The summed E-state index contributed by atoms with van der Waals surface area (Å²) in [4.78, 5) is 24.0. The lowest BCUT2D eigenvalue weighted by Gasteiger charge is -2.31. The van der Waals surface area contributed by atoms with E-state index in [4.69, 9.17) is 14.7 Å². The summed E-state index contributed by atoms with van der Waals surface area (Å²) in [6.45, 7) is 6.46. The lowest BCUT2D eigenvalue weighted by Crippen LogP contribution is -2.40. The first kappa shape index (κ1) is 21.0. The van der Waals surface area contributed by atoms with Crippen LogP contribution in [0.25, 0.3) is 11.3 Å². The summed E-state index contributed by atoms with van der Waals surface area (Å²) in [6, 6.07) is 16.3. The van der Waals surface area contributed by atoms with E-state index in [0.29, 0.717) is 25.9 Å². The minimum atomic E-state index is -0.562. The van der Waals surface area contributed by atoms with Crippen molar-refractivity contribution in [2.75, 3.05) is 6.54 Å². The van der Waals surface area contributed by atoms with Crippen molar-refractivity contribution < 1.29 is 13.9 Å². The molecular formula is C25H26FN3O2. The minimum Gasteiger partial charge on any atom is -0.444 e. The van der Waals surface area contributed by atoms with E-state index in [2.05, 4.69) is 0 Å². The van der Waals surface area contributed by atoms with Crippen LogP contribution in [0.3, 0.4) is 0 Å². The zero-order valence-electron chi connectivity index (χ0n) is 18.1. The van der Waals surface area contributed by atoms with E-state index in [0.717, 1.165) is 33.9 Å². The van der Waals surface area contributed by atoms with E-state index >= 15 is 0 Å². The van der Waals surface area contributed by atoms with Crippen LogP contribution in [-0.4, -0.2) is 33.1 Å². The minimum absolute atomic E-state index is 0.299. The summed E-state index contributed by atoms with van der Waals surface area (Å²) in [5, 5.41) is 0. The Balaban J connectivity index is 1.71. The number of hydrogen-bond donors (Lipinski definition) is 0. The first-order valence-electron chi connectivity index (χ1n) is 10.4. The highest BCUT2D eigenvalue weighted by Gasteiger charge is 2.29. The molecule has 6 heteroatoms. The van der Waals surface area contributed by atoms with Crippen LogP contribution in [0.5, 0.6) is 0 Å². The lowest BCUT2D eigenvalue weighted by atomic mass is 9.98. The standard InChI is InChI=1S/C25H26FN3O2/c1-25(2,3)31-24(30)29-14-13-21-20(16-29)23(18-9-11-19(26)12-10-18)28-22(27-21)15-17-7-5-4-6-8-17/h4-12H,13-16H2,1-3H3. The van der Waals surface area contributed by atoms with Gasteiger partial charge in [0, 0.05) is 30.5 Å². The number of aromatic nitrogens is 2. The number of nitrogens with zero attached hydrogens (tertiary/aromatic N) is 3. The van der Waals surface area contributed by atoms with Crippen molar-refractivity contribution in [3.05, 3.63) is 83.1 Å². The number of carbonyl (C=O) groups is 1. The van der Waals surface area contributed by atoms with Crippen molar-refractivity contribution in [2.45, 2.75) is 45.8 Å². The second kappa shape index (κ2) is 8.46. The van der Waals surface area contributed by atoms with Crippen LogP contribution < -0.4 is 0 Å². The van der Waals surface area contributed by atoms with E-state index < -0.39 is 5.60 Å². The molecule has 0 saturated heterocycles. The van der Waals surface area contributed by atoms with Crippen LogP contribution in [-0.2, 0) is 24.1 Å². The topological polar surface area (TPSA) is 55.3 Å². The predicted molar refractivity (Wildman–Crippen MR) is 117 cm³/mol. The fourth-order valence-corrected chi connectivity index (χ4v) is 3.65. The van der Waals surface area contributed by atoms with Crippen molar-refractivity contribution in [3.63, 3.8) is 0 Å². The molecule has 160 valence electrons. The molecule has 3 aromatic rings. The van der Waals surface area contributed by atoms with Gasteiger partial charge >= 0.3 is 6.09 Å². The van der Waals surface area contributed by atoms with Gasteiger partial charge in [0.1, 0.15) is 17.2 Å².